The highest BCUT2D eigenvalue weighted by Crippen LogP contribution is 2.45. The topological polar surface area (TPSA) is 0 Å². The van der Waals surface area contributed by atoms with Gasteiger partial charge in [-0.2, -0.15) is 0 Å². The van der Waals surface area contributed by atoms with Crippen molar-refractivity contribution < 1.29 is 0 Å². The number of hydrogen-bond acceptors (Lipinski definition) is 0. The molecule has 0 bridgehead atoms. The van der Waals surface area contributed by atoms with Crippen molar-refractivity contribution in [2.75, 3.05) is 0 Å². The van der Waals surface area contributed by atoms with Gasteiger partial charge in [0.15, 0.2) is 0 Å². The standard InChI is InChI=1S/C42H26/c1-3-15-29-27(12-1)14-11-23-32(29)39-25-41-37-22-10-9-21-36(37)40(26-42(41)35-20-8-7-19-34(35)39)38-24-28-13-2-4-16-30(28)31-17-5-6-18-33(31)38/h1-26H. The Hall–Kier alpha value is -5.46. The Labute approximate surface area is 244 Å². The van der Waals surface area contributed by atoms with Crippen molar-refractivity contribution in [3.05, 3.63) is 158 Å². The third-order valence-electron chi connectivity index (χ3n) is 9.02. The molecule has 9 aromatic carbocycles. The fourth-order valence-electron chi connectivity index (χ4n) is 7.13. The Kier molecular flexibility index (Phi) is 5.00. The summed E-state index contributed by atoms with van der Waals surface area (Å²) in [6.45, 7) is 0. The van der Waals surface area contributed by atoms with Gasteiger partial charge < -0.3 is 0 Å². The number of fused-ring (bicyclic) bond motifs is 9. The zero-order valence-electron chi connectivity index (χ0n) is 23.0. The molecule has 42 heavy (non-hydrogen) atoms. The molecule has 0 aliphatic carbocycles. The smallest absolute Gasteiger partial charge is 0.00923 e. The molecule has 0 radical (unpaired) electrons. The normalized spacial score (nSPS) is 11.8. The fraction of sp³-hybridized carbons (Fsp3) is 0. The number of benzene rings is 9. The van der Waals surface area contributed by atoms with Crippen molar-refractivity contribution in [2.24, 2.45) is 0 Å². The molecule has 0 atom stereocenters. The molecule has 0 unspecified atom stereocenters. The zero-order chi connectivity index (χ0) is 27.6. The summed E-state index contributed by atoms with van der Waals surface area (Å²) in [6, 6.07) is 58.1. The van der Waals surface area contributed by atoms with Crippen LogP contribution in [0.25, 0.3) is 86.9 Å². The lowest BCUT2D eigenvalue weighted by molar-refractivity contribution is 1.70. The van der Waals surface area contributed by atoms with Crippen molar-refractivity contribution in [3.63, 3.8) is 0 Å². The van der Waals surface area contributed by atoms with Crippen molar-refractivity contribution in [1.82, 2.24) is 0 Å². The summed E-state index contributed by atoms with van der Waals surface area (Å²) in [4.78, 5) is 0. The molecule has 0 nitrogen and oxygen atoms in total. The minimum atomic E-state index is 1.27. The van der Waals surface area contributed by atoms with Crippen LogP contribution in [-0.2, 0) is 0 Å². The molecular weight excluding hydrogens is 504 g/mol. The van der Waals surface area contributed by atoms with E-state index in [-0.39, 0.29) is 0 Å². The van der Waals surface area contributed by atoms with E-state index in [1.807, 2.05) is 0 Å². The van der Waals surface area contributed by atoms with E-state index in [0.29, 0.717) is 0 Å². The number of rotatable bonds is 2. The van der Waals surface area contributed by atoms with Crippen molar-refractivity contribution in [2.45, 2.75) is 0 Å². The predicted octanol–water partition coefficient (Wildman–Crippen LogP) is 11.9. The van der Waals surface area contributed by atoms with Crippen molar-refractivity contribution in [1.29, 1.82) is 0 Å². The second-order valence-electron chi connectivity index (χ2n) is 11.3. The fourth-order valence-corrected chi connectivity index (χ4v) is 7.13. The third-order valence-corrected chi connectivity index (χ3v) is 9.02. The predicted molar refractivity (Wildman–Crippen MR) is 182 cm³/mol. The van der Waals surface area contributed by atoms with Crippen LogP contribution in [0.15, 0.2) is 158 Å². The average molecular weight is 531 g/mol. The van der Waals surface area contributed by atoms with Crippen LogP contribution in [-0.4, -0.2) is 0 Å². The van der Waals surface area contributed by atoms with Gasteiger partial charge >= 0.3 is 0 Å². The molecule has 0 spiro atoms. The highest BCUT2D eigenvalue weighted by molar-refractivity contribution is 6.26. The first-order valence-electron chi connectivity index (χ1n) is 14.6. The van der Waals surface area contributed by atoms with Gasteiger partial charge in [0, 0.05) is 0 Å². The molecule has 0 saturated heterocycles. The quantitative estimate of drug-likeness (QED) is 0.195. The van der Waals surface area contributed by atoms with E-state index in [1.165, 1.54) is 86.9 Å². The summed E-state index contributed by atoms with van der Waals surface area (Å²) in [6.07, 6.45) is 0. The molecule has 0 fully saturated rings. The highest BCUT2D eigenvalue weighted by atomic mass is 14.2. The van der Waals surface area contributed by atoms with Crippen LogP contribution in [0.4, 0.5) is 0 Å². The molecule has 0 aliphatic rings. The van der Waals surface area contributed by atoms with E-state index < -0.39 is 0 Å². The van der Waals surface area contributed by atoms with Gasteiger partial charge in [-0.3, -0.25) is 0 Å². The van der Waals surface area contributed by atoms with Crippen LogP contribution in [0, 0.1) is 0 Å². The molecule has 0 N–H and O–H groups in total. The molecule has 0 aromatic heterocycles. The molecular formula is C42H26. The van der Waals surface area contributed by atoms with E-state index in [4.69, 9.17) is 0 Å². The monoisotopic (exact) mass is 530 g/mol. The molecule has 9 rings (SSSR count). The lowest BCUT2D eigenvalue weighted by Crippen LogP contribution is -1.91. The van der Waals surface area contributed by atoms with E-state index in [0.717, 1.165) is 0 Å². The van der Waals surface area contributed by atoms with Crippen LogP contribution in [0.2, 0.25) is 0 Å². The lowest BCUT2D eigenvalue weighted by atomic mass is 9.85. The van der Waals surface area contributed by atoms with Gasteiger partial charge in [0.2, 0.25) is 0 Å². The average Bonchev–Trinajstić information content (AvgIpc) is 3.07. The van der Waals surface area contributed by atoms with Gasteiger partial charge in [-0.05, 0) is 105 Å². The molecule has 9 aromatic rings. The zero-order valence-corrected chi connectivity index (χ0v) is 23.0. The second-order valence-corrected chi connectivity index (χ2v) is 11.3. The first-order chi connectivity index (χ1) is 20.8. The van der Waals surface area contributed by atoms with Gasteiger partial charge in [0.25, 0.3) is 0 Å². The van der Waals surface area contributed by atoms with Crippen LogP contribution in [0.3, 0.4) is 0 Å². The Morgan fingerprint density at radius 2 is 0.571 bits per heavy atom. The summed E-state index contributed by atoms with van der Waals surface area (Å²) < 4.78 is 0. The summed E-state index contributed by atoms with van der Waals surface area (Å²) in [5.74, 6) is 0. The maximum Gasteiger partial charge on any atom is -0.00923 e. The molecule has 0 saturated carbocycles. The van der Waals surface area contributed by atoms with Gasteiger partial charge in [-0.1, -0.05) is 140 Å². The minimum Gasteiger partial charge on any atom is -0.0616 e. The Bertz CT molecular complexity index is 2510. The van der Waals surface area contributed by atoms with Crippen LogP contribution in [0.1, 0.15) is 0 Å². The van der Waals surface area contributed by atoms with Gasteiger partial charge in [-0.15, -0.1) is 0 Å². The van der Waals surface area contributed by atoms with Crippen LogP contribution < -0.4 is 0 Å². The molecule has 0 aliphatic heterocycles. The van der Waals surface area contributed by atoms with E-state index in [2.05, 4.69) is 158 Å². The maximum absolute atomic E-state index is 2.45. The third kappa shape index (κ3) is 3.36. The van der Waals surface area contributed by atoms with E-state index in [1.54, 1.807) is 0 Å². The Morgan fingerprint density at radius 3 is 1.17 bits per heavy atom. The lowest BCUT2D eigenvalue weighted by Gasteiger charge is -2.18. The Morgan fingerprint density at radius 1 is 0.190 bits per heavy atom. The van der Waals surface area contributed by atoms with Crippen molar-refractivity contribution >= 4 is 64.6 Å². The van der Waals surface area contributed by atoms with E-state index in [9.17, 15) is 0 Å². The molecule has 0 heteroatoms. The molecule has 194 valence electrons. The minimum absolute atomic E-state index is 1.27. The summed E-state index contributed by atoms with van der Waals surface area (Å²) >= 11 is 0. The van der Waals surface area contributed by atoms with Crippen LogP contribution >= 0.6 is 0 Å². The van der Waals surface area contributed by atoms with Crippen LogP contribution in [0.5, 0.6) is 0 Å². The summed E-state index contributed by atoms with van der Waals surface area (Å²) in [5, 5.41) is 15.4. The van der Waals surface area contributed by atoms with E-state index >= 15 is 0 Å². The largest absolute Gasteiger partial charge is 0.0616 e. The first kappa shape index (κ1) is 23.3. The van der Waals surface area contributed by atoms with Gasteiger partial charge in [0.05, 0.1) is 0 Å². The maximum atomic E-state index is 2.45. The SMILES string of the molecule is c1ccc2c(-c3cc4c5ccccc5c(-c5cc6ccccc6c6ccccc56)cc4c4ccccc34)cccc2c1. The second kappa shape index (κ2) is 9.03. The molecule has 0 amide bonds. The van der Waals surface area contributed by atoms with Crippen molar-refractivity contribution in [3.8, 4) is 22.3 Å². The molecule has 0 heterocycles. The first-order valence-corrected chi connectivity index (χ1v) is 14.6. The summed E-state index contributed by atoms with van der Waals surface area (Å²) in [5.41, 5.74) is 5.12. The summed E-state index contributed by atoms with van der Waals surface area (Å²) in [7, 11) is 0. The number of hydrogen-bond donors (Lipinski definition) is 0. The van der Waals surface area contributed by atoms with Gasteiger partial charge in [-0.25, -0.2) is 0 Å². The highest BCUT2D eigenvalue weighted by Gasteiger charge is 2.17. The Balaban J connectivity index is 1.45. The van der Waals surface area contributed by atoms with Gasteiger partial charge in [0.1, 0.15) is 0 Å².